The van der Waals surface area contributed by atoms with Gasteiger partial charge >= 0.3 is 0 Å². The predicted octanol–water partition coefficient (Wildman–Crippen LogP) is 9.47. The average Bonchev–Trinajstić information content (AvgIpc) is 3.86. The summed E-state index contributed by atoms with van der Waals surface area (Å²) in [6.45, 7) is -0.346. The molecular weight excluding hydrogens is 657 g/mol. The van der Waals surface area contributed by atoms with Gasteiger partial charge in [0.1, 0.15) is 6.61 Å². The first-order valence-corrected chi connectivity index (χ1v) is 21.0. The quantitative estimate of drug-likeness (QED) is 0.280. The largest absolute Gasteiger partial charge is 0.389 e. The van der Waals surface area contributed by atoms with Gasteiger partial charge in [-0.15, -0.1) is 0 Å². The number of ketones is 1. The Balaban J connectivity index is 1.13. The number of hydrogen-bond acceptors (Lipinski definition) is 2. The molecule has 18 rings (SSSR count). The highest BCUT2D eigenvalue weighted by Crippen LogP contribution is 3.02. The first kappa shape index (κ1) is 26.1. The maximum absolute atomic E-state index is 13.0. The van der Waals surface area contributed by atoms with Crippen LogP contribution in [0.25, 0.3) is 33.4 Å². The number of carbonyl (C=O) groups excluding carboxylic acids is 1. The Bertz CT molecular complexity index is 3000. The van der Waals surface area contributed by atoms with E-state index in [-0.39, 0.29) is 28.6 Å². The normalized spacial score (nSPS) is 42.8. The molecule has 3 aromatic carbocycles. The van der Waals surface area contributed by atoms with Gasteiger partial charge in [0.15, 0.2) is 5.78 Å². The van der Waals surface area contributed by atoms with E-state index in [2.05, 4.69) is 85.0 Å². The smallest absolute Gasteiger partial charge is 0.158 e. The summed E-state index contributed by atoms with van der Waals surface area (Å²) in [5, 5.41) is 10.00. The van der Waals surface area contributed by atoms with Gasteiger partial charge in [-0.05, 0) is 160 Å². The maximum atomic E-state index is 13.0. The number of Topliss-reactive ketones (excluding diaryl/α,β-unsaturated/α-hetero) is 1. The van der Waals surface area contributed by atoms with Gasteiger partial charge in [0.2, 0.25) is 0 Å². The van der Waals surface area contributed by atoms with Crippen LogP contribution in [0.4, 0.5) is 0 Å². The van der Waals surface area contributed by atoms with Crippen LogP contribution >= 0.6 is 0 Å². The molecule has 12 unspecified atom stereocenters. The molecule has 0 aromatic heterocycles. The van der Waals surface area contributed by atoms with Crippen molar-refractivity contribution >= 4 is 28.1 Å². The number of benzene rings is 3. The van der Waals surface area contributed by atoms with Crippen LogP contribution < -0.4 is 0 Å². The van der Waals surface area contributed by atoms with E-state index < -0.39 is 0 Å². The zero-order valence-corrected chi connectivity index (χ0v) is 29.7. The van der Waals surface area contributed by atoms with E-state index in [4.69, 9.17) is 0 Å². The first-order chi connectivity index (χ1) is 26.7. The Hall–Kier alpha value is -4.79. The number of rotatable bonds is 6. The molecule has 54 heavy (non-hydrogen) atoms. The third kappa shape index (κ3) is 1.87. The standard InChI is InChI=1S/C52H34O2/c53-19-21(54)7-4-18-50(20-5-2-1-3-6-20)51-46-30-16-14-28-26-12-10-24-22-8-9-23-25-11-13-27-29-15-17-31(30)47(51)39(29)43-37(27)35(25)41-33(23)32(22)40-34(24)36(26)42(38(28)46)48-44(40)45(41)49(43)52(48,50)51/h1-3,5-6,8-12,14-17,22,24,30-32,38-39,46-47,53H,4,7,13,18-19H2. The molecule has 15 aliphatic carbocycles. The summed E-state index contributed by atoms with van der Waals surface area (Å²) in [5.41, 5.74) is 33.2. The van der Waals surface area contributed by atoms with Gasteiger partial charge in [-0.25, -0.2) is 0 Å². The van der Waals surface area contributed by atoms with E-state index in [0.717, 1.165) is 19.3 Å². The van der Waals surface area contributed by atoms with Crippen molar-refractivity contribution in [1.29, 1.82) is 0 Å². The van der Waals surface area contributed by atoms with Gasteiger partial charge in [-0.2, -0.15) is 0 Å². The Labute approximate surface area is 312 Å². The number of hydrogen-bond donors (Lipinski definition) is 1. The summed E-state index contributed by atoms with van der Waals surface area (Å²) in [4.78, 5) is 13.0. The van der Waals surface area contributed by atoms with Crippen molar-refractivity contribution in [3.05, 3.63) is 163 Å². The summed E-state index contributed by atoms with van der Waals surface area (Å²) in [6.07, 6.45) is 27.2. The van der Waals surface area contributed by atoms with Crippen LogP contribution in [0, 0.1) is 35.0 Å². The zero-order chi connectivity index (χ0) is 34.3. The highest BCUT2D eigenvalue weighted by atomic mass is 16.3. The minimum Gasteiger partial charge on any atom is -0.389 e. The van der Waals surface area contributed by atoms with E-state index in [1.54, 1.807) is 106 Å². The van der Waals surface area contributed by atoms with Crippen LogP contribution in [0.2, 0.25) is 0 Å². The summed E-state index contributed by atoms with van der Waals surface area (Å²) in [5.74, 6) is 4.30. The lowest BCUT2D eigenvalue weighted by molar-refractivity contribution is -0.121. The van der Waals surface area contributed by atoms with Crippen LogP contribution in [0.1, 0.15) is 111 Å². The van der Waals surface area contributed by atoms with E-state index in [1.807, 2.05) is 0 Å². The zero-order valence-electron chi connectivity index (χ0n) is 29.7. The molecule has 0 saturated heterocycles. The Morgan fingerprint density at radius 3 is 2.31 bits per heavy atom. The summed E-state index contributed by atoms with van der Waals surface area (Å²) in [7, 11) is 0. The Kier molecular flexibility index (Phi) is 3.48. The highest BCUT2D eigenvalue weighted by Gasteiger charge is 3.00. The highest BCUT2D eigenvalue weighted by molar-refractivity contribution is 6.20. The molecule has 2 fully saturated rings. The van der Waals surface area contributed by atoms with Crippen molar-refractivity contribution in [1.82, 2.24) is 0 Å². The van der Waals surface area contributed by atoms with Crippen molar-refractivity contribution in [3.8, 4) is 11.1 Å². The monoisotopic (exact) mass is 690 g/mol. The van der Waals surface area contributed by atoms with Crippen molar-refractivity contribution in [2.24, 2.45) is 35.0 Å². The van der Waals surface area contributed by atoms with Crippen molar-refractivity contribution < 1.29 is 9.90 Å². The molecule has 1 N–H and O–H groups in total. The van der Waals surface area contributed by atoms with E-state index >= 15 is 0 Å². The SMILES string of the molecule is O=C(CO)CCCC1(c2ccccc2)C23c4c5c6c7c8c4C4C9=C8CC=C7C7=C6C6c8c-5c2c2c5c8C(C=CC5=C5C=CC8C(C=C9)C4C13C8C52)C6C=C7. The molecule has 2 saturated carbocycles. The third-order valence-corrected chi connectivity index (χ3v) is 19.4. The van der Waals surface area contributed by atoms with Crippen LogP contribution in [0.5, 0.6) is 0 Å². The molecule has 254 valence electrons. The molecule has 0 amide bonds. The Morgan fingerprint density at radius 2 is 1.46 bits per heavy atom. The van der Waals surface area contributed by atoms with Crippen molar-refractivity contribution in [3.63, 3.8) is 0 Å². The molecule has 12 atom stereocenters. The average molecular weight is 691 g/mol. The fourth-order valence-corrected chi connectivity index (χ4v) is 19.2. The predicted molar refractivity (Wildman–Crippen MR) is 207 cm³/mol. The molecule has 15 aliphatic rings. The lowest BCUT2D eigenvalue weighted by Gasteiger charge is -2.48. The number of fused-ring (bicyclic) bond motifs is 3. The fraction of sp³-hybridized carbons (Fsp3) is 0.327. The molecule has 0 radical (unpaired) electrons. The van der Waals surface area contributed by atoms with Gasteiger partial charge < -0.3 is 5.11 Å². The van der Waals surface area contributed by atoms with E-state index in [0.29, 0.717) is 59.7 Å². The van der Waals surface area contributed by atoms with Gasteiger partial charge in [-0.1, -0.05) is 85.0 Å². The summed E-state index contributed by atoms with van der Waals surface area (Å²) < 4.78 is 0. The third-order valence-electron chi connectivity index (χ3n) is 19.4. The van der Waals surface area contributed by atoms with Crippen LogP contribution in [-0.2, 0) is 15.6 Å². The summed E-state index contributed by atoms with van der Waals surface area (Å²) in [6, 6.07) is 11.9. The van der Waals surface area contributed by atoms with Crippen LogP contribution in [-0.4, -0.2) is 17.5 Å². The number of aliphatic hydroxyl groups is 1. The maximum Gasteiger partial charge on any atom is 0.158 e. The molecule has 2 heteroatoms. The number of aliphatic hydroxyl groups excluding tert-OH is 1. The first-order valence-electron chi connectivity index (χ1n) is 21.0. The van der Waals surface area contributed by atoms with E-state index in [1.165, 1.54) is 5.56 Å². The minimum absolute atomic E-state index is 0.00645. The molecule has 2 nitrogen and oxygen atoms in total. The van der Waals surface area contributed by atoms with Crippen molar-refractivity contribution in [2.75, 3.05) is 6.61 Å². The summed E-state index contributed by atoms with van der Waals surface area (Å²) >= 11 is 0. The second kappa shape index (κ2) is 7.19. The number of carbonyl (C=O) groups is 1. The Morgan fingerprint density at radius 1 is 0.704 bits per heavy atom. The second-order valence-electron chi connectivity index (χ2n) is 19.7. The molecule has 0 heterocycles. The molecule has 0 aliphatic heterocycles. The second-order valence-corrected chi connectivity index (χ2v) is 19.7. The topological polar surface area (TPSA) is 37.3 Å². The lowest BCUT2D eigenvalue weighted by Crippen LogP contribution is -2.43. The molecule has 2 spiro atoms. The van der Waals surface area contributed by atoms with Gasteiger partial charge in [0.05, 0.1) is 0 Å². The van der Waals surface area contributed by atoms with Crippen LogP contribution in [0.3, 0.4) is 0 Å². The van der Waals surface area contributed by atoms with Gasteiger partial charge in [0.25, 0.3) is 0 Å². The molecule has 3 aromatic rings. The van der Waals surface area contributed by atoms with Gasteiger partial charge in [0, 0.05) is 46.3 Å². The van der Waals surface area contributed by atoms with Crippen LogP contribution in [0.15, 0.2) is 102 Å². The minimum atomic E-state index is -0.346. The fourth-order valence-electron chi connectivity index (χ4n) is 19.2. The number of allylic oxidation sites excluding steroid dienone is 16. The van der Waals surface area contributed by atoms with Gasteiger partial charge in [-0.3, -0.25) is 4.79 Å². The van der Waals surface area contributed by atoms with Crippen molar-refractivity contribution in [2.45, 2.75) is 60.2 Å². The van der Waals surface area contributed by atoms with E-state index in [9.17, 15) is 9.90 Å². The molecular formula is C52H34O2. The lowest BCUT2D eigenvalue weighted by atomic mass is 9.54. The molecule has 0 bridgehead atoms.